The predicted octanol–water partition coefficient (Wildman–Crippen LogP) is 3.52. The van der Waals surface area contributed by atoms with Crippen LogP contribution in [0.2, 0.25) is 0 Å². The van der Waals surface area contributed by atoms with E-state index in [-0.39, 0.29) is 11.8 Å². The molecule has 3 N–H and O–H groups in total. The smallest absolute Gasteiger partial charge is 0.270 e. The molecular formula is C24H26N4O2. The number of benzene rings is 1. The lowest BCUT2D eigenvalue weighted by Crippen LogP contribution is -2.31. The highest BCUT2D eigenvalue weighted by Gasteiger charge is 2.21. The molecule has 6 nitrogen and oxygen atoms in total. The molecule has 1 aromatic carbocycles. The van der Waals surface area contributed by atoms with Crippen molar-refractivity contribution in [2.24, 2.45) is 0 Å². The summed E-state index contributed by atoms with van der Waals surface area (Å²) in [4.78, 5) is 30.0. The predicted molar refractivity (Wildman–Crippen MR) is 121 cm³/mol. The largest absolute Gasteiger partial charge is 0.397 e. The maximum Gasteiger partial charge on any atom is 0.270 e. The molecule has 0 spiro atoms. The number of fused-ring (bicyclic) bond motifs is 1. The second-order valence-corrected chi connectivity index (χ2v) is 7.12. The standard InChI is InChI=1S/C24H26N4O2/c1-4-16(14-27-24(30)21-9-8-20(25)15-26-21)12-17(5-2)18-6-10-22-19(13-18)7-11-23(29)28(22)3/h4-6,8-10,12-13,15H,1,7,11,14,25H2,2-3H3,(H,27,30). The van der Waals surface area contributed by atoms with Gasteiger partial charge in [0.15, 0.2) is 0 Å². The number of allylic oxidation sites excluding steroid dienone is 3. The maximum atomic E-state index is 12.3. The average Bonchev–Trinajstić information content (AvgIpc) is 2.76. The Morgan fingerprint density at radius 3 is 2.77 bits per heavy atom. The number of nitrogens with two attached hydrogens (primary N) is 1. The lowest BCUT2D eigenvalue weighted by atomic mass is 9.95. The van der Waals surface area contributed by atoms with Crippen molar-refractivity contribution in [2.75, 3.05) is 24.2 Å². The van der Waals surface area contributed by atoms with Crippen LogP contribution in [-0.4, -0.2) is 30.4 Å². The third-order valence-electron chi connectivity index (χ3n) is 5.14. The molecule has 6 heteroatoms. The molecule has 3 rings (SSSR count). The Morgan fingerprint density at radius 2 is 2.10 bits per heavy atom. The summed E-state index contributed by atoms with van der Waals surface area (Å²) >= 11 is 0. The van der Waals surface area contributed by atoms with Gasteiger partial charge >= 0.3 is 0 Å². The number of amides is 2. The van der Waals surface area contributed by atoms with E-state index < -0.39 is 0 Å². The lowest BCUT2D eigenvalue weighted by Gasteiger charge is -2.26. The van der Waals surface area contributed by atoms with Crippen molar-refractivity contribution in [3.63, 3.8) is 0 Å². The van der Waals surface area contributed by atoms with Gasteiger partial charge in [-0.05, 0) is 66.0 Å². The molecule has 2 amide bonds. The zero-order valence-corrected chi connectivity index (χ0v) is 17.3. The van der Waals surface area contributed by atoms with E-state index in [2.05, 4.69) is 22.9 Å². The van der Waals surface area contributed by atoms with E-state index in [9.17, 15) is 9.59 Å². The zero-order chi connectivity index (χ0) is 21.7. The Morgan fingerprint density at radius 1 is 1.30 bits per heavy atom. The van der Waals surface area contributed by atoms with E-state index in [1.807, 2.05) is 38.3 Å². The van der Waals surface area contributed by atoms with Gasteiger partial charge in [0.2, 0.25) is 5.91 Å². The molecule has 0 radical (unpaired) electrons. The van der Waals surface area contributed by atoms with Crippen LogP contribution in [0.5, 0.6) is 0 Å². The van der Waals surface area contributed by atoms with E-state index >= 15 is 0 Å². The van der Waals surface area contributed by atoms with Gasteiger partial charge in [0, 0.05) is 25.7 Å². The minimum atomic E-state index is -0.272. The minimum absolute atomic E-state index is 0.140. The summed E-state index contributed by atoms with van der Waals surface area (Å²) in [6.45, 7) is 6.17. The third kappa shape index (κ3) is 4.66. The first-order valence-electron chi connectivity index (χ1n) is 9.82. The van der Waals surface area contributed by atoms with Crippen LogP contribution in [0.3, 0.4) is 0 Å². The van der Waals surface area contributed by atoms with Gasteiger partial charge in [-0.15, -0.1) is 0 Å². The molecule has 0 atom stereocenters. The van der Waals surface area contributed by atoms with Crippen LogP contribution in [0, 0.1) is 0 Å². The summed E-state index contributed by atoms with van der Waals surface area (Å²) in [7, 11) is 1.81. The minimum Gasteiger partial charge on any atom is -0.397 e. The first kappa shape index (κ1) is 21.0. The number of rotatable bonds is 6. The van der Waals surface area contributed by atoms with Gasteiger partial charge < -0.3 is 16.0 Å². The number of nitrogens with one attached hydrogen (secondary N) is 1. The first-order chi connectivity index (χ1) is 14.4. The number of pyridine rings is 1. The van der Waals surface area contributed by atoms with Gasteiger partial charge in [-0.3, -0.25) is 9.59 Å². The summed E-state index contributed by atoms with van der Waals surface area (Å²) in [6.07, 6.45) is 8.47. The number of carbonyl (C=O) groups is 2. The van der Waals surface area contributed by atoms with Crippen molar-refractivity contribution >= 4 is 28.8 Å². The molecule has 0 bridgehead atoms. The molecule has 0 fully saturated rings. The second-order valence-electron chi connectivity index (χ2n) is 7.12. The summed E-state index contributed by atoms with van der Waals surface area (Å²) in [6, 6.07) is 9.36. The summed E-state index contributed by atoms with van der Waals surface area (Å²) in [5.41, 5.74) is 11.5. The highest BCUT2D eigenvalue weighted by atomic mass is 16.2. The Bertz CT molecular complexity index is 1040. The first-order valence-corrected chi connectivity index (χ1v) is 9.82. The molecule has 1 aliphatic rings. The molecule has 0 saturated carbocycles. The molecular weight excluding hydrogens is 376 g/mol. The molecule has 2 heterocycles. The molecule has 0 unspecified atom stereocenters. The van der Waals surface area contributed by atoms with Crippen molar-refractivity contribution in [3.8, 4) is 0 Å². The summed E-state index contributed by atoms with van der Waals surface area (Å²) in [5, 5.41) is 2.86. The van der Waals surface area contributed by atoms with Crippen LogP contribution in [-0.2, 0) is 11.2 Å². The number of carbonyl (C=O) groups excluding carboxylic acids is 2. The van der Waals surface area contributed by atoms with Gasteiger partial charge in [0.25, 0.3) is 5.91 Å². The van der Waals surface area contributed by atoms with Crippen molar-refractivity contribution in [3.05, 3.63) is 83.7 Å². The molecule has 1 aromatic heterocycles. The van der Waals surface area contributed by atoms with E-state index in [4.69, 9.17) is 5.73 Å². The maximum absolute atomic E-state index is 12.3. The third-order valence-corrected chi connectivity index (χ3v) is 5.14. The quantitative estimate of drug-likeness (QED) is 0.724. The van der Waals surface area contributed by atoms with E-state index in [0.29, 0.717) is 24.3 Å². The van der Waals surface area contributed by atoms with Crippen molar-refractivity contribution in [2.45, 2.75) is 19.8 Å². The second kappa shape index (κ2) is 9.22. The topological polar surface area (TPSA) is 88.3 Å². The Kier molecular flexibility index (Phi) is 6.47. The Hall–Kier alpha value is -3.67. The highest BCUT2D eigenvalue weighted by molar-refractivity contribution is 5.96. The number of hydrogen-bond acceptors (Lipinski definition) is 4. The van der Waals surface area contributed by atoms with E-state index in [0.717, 1.165) is 34.4 Å². The Balaban J connectivity index is 1.75. The average molecular weight is 402 g/mol. The van der Waals surface area contributed by atoms with Crippen LogP contribution in [0.4, 0.5) is 11.4 Å². The molecule has 2 aromatic rings. The normalized spacial score (nSPS) is 14.3. The van der Waals surface area contributed by atoms with E-state index in [1.165, 1.54) is 6.20 Å². The lowest BCUT2D eigenvalue weighted by molar-refractivity contribution is -0.118. The van der Waals surface area contributed by atoms with E-state index in [1.54, 1.807) is 23.1 Å². The fraction of sp³-hybridized carbons (Fsp3) is 0.208. The Labute approximate surface area is 176 Å². The number of nitrogen functional groups attached to an aromatic ring is 1. The molecule has 30 heavy (non-hydrogen) atoms. The number of anilines is 2. The van der Waals surface area contributed by atoms with Crippen LogP contribution in [0.15, 0.2) is 66.9 Å². The van der Waals surface area contributed by atoms with Crippen molar-refractivity contribution in [1.29, 1.82) is 0 Å². The SMILES string of the molecule is C=CC(=CC(=CC)c1ccc2c(c1)CCC(=O)N2C)CNC(=O)c1ccc(N)cn1. The number of aryl methyl sites for hydroxylation is 1. The monoisotopic (exact) mass is 402 g/mol. The molecule has 0 aliphatic carbocycles. The summed E-state index contributed by atoms with van der Waals surface area (Å²) < 4.78 is 0. The van der Waals surface area contributed by atoms with Gasteiger partial charge in [-0.1, -0.05) is 24.8 Å². The van der Waals surface area contributed by atoms with Crippen LogP contribution in [0.25, 0.3) is 5.57 Å². The zero-order valence-electron chi connectivity index (χ0n) is 17.3. The molecule has 154 valence electrons. The highest BCUT2D eigenvalue weighted by Crippen LogP contribution is 2.30. The number of aromatic nitrogens is 1. The van der Waals surface area contributed by atoms with Crippen molar-refractivity contribution < 1.29 is 9.59 Å². The number of nitrogens with zero attached hydrogens (tertiary/aromatic N) is 2. The molecule has 1 aliphatic heterocycles. The van der Waals surface area contributed by atoms with Crippen LogP contribution in [0.1, 0.15) is 35.0 Å². The van der Waals surface area contributed by atoms with Gasteiger partial charge in [0.05, 0.1) is 11.9 Å². The fourth-order valence-electron chi connectivity index (χ4n) is 3.36. The van der Waals surface area contributed by atoms with Crippen LogP contribution < -0.4 is 16.0 Å². The van der Waals surface area contributed by atoms with Gasteiger partial charge in [-0.25, -0.2) is 4.98 Å². The van der Waals surface area contributed by atoms with Crippen molar-refractivity contribution in [1.82, 2.24) is 10.3 Å². The fourth-order valence-corrected chi connectivity index (χ4v) is 3.36. The van der Waals surface area contributed by atoms with Gasteiger partial charge in [-0.2, -0.15) is 0 Å². The number of hydrogen-bond donors (Lipinski definition) is 2. The van der Waals surface area contributed by atoms with Gasteiger partial charge in [0.1, 0.15) is 5.69 Å². The van der Waals surface area contributed by atoms with Crippen LogP contribution >= 0.6 is 0 Å². The summed E-state index contributed by atoms with van der Waals surface area (Å²) in [5.74, 6) is -0.132. The molecule has 0 saturated heterocycles.